The van der Waals surface area contributed by atoms with Gasteiger partial charge in [0.1, 0.15) is 17.9 Å². The topological polar surface area (TPSA) is 85.0 Å². The van der Waals surface area contributed by atoms with Gasteiger partial charge < -0.3 is 25.3 Å². The van der Waals surface area contributed by atoms with Crippen molar-refractivity contribution in [2.75, 3.05) is 36.5 Å². The van der Waals surface area contributed by atoms with Crippen molar-refractivity contribution in [2.45, 2.75) is 38.3 Å². The molecule has 4 rings (SSSR count). The molecule has 0 bridgehead atoms. The maximum absolute atomic E-state index is 14.0. The quantitative estimate of drug-likeness (QED) is 0.708. The Bertz CT molecular complexity index is 1050. The van der Waals surface area contributed by atoms with Crippen LogP contribution in [0.5, 0.6) is 0 Å². The van der Waals surface area contributed by atoms with E-state index in [4.69, 9.17) is 0 Å². The molecule has 2 aliphatic heterocycles. The lowest BCUT2D eigenvalue weighted by molar-refractivity contribution is -0.137. The van der Waals surface area contributed by atoms with Gasteiger partial charge in [-0.1, -0.05) is 30.3 Å². The van der Waals surface area contributed by atoms with Gasteiger partial charge in [0, 0.05) is 24.8 Å². The van der Waals surface area contributed by atoms with Gasteiger partial charge in [-0.05, 0) is 51.0 Å². The fourth-order valence-electron chi connectivity index (χ4n) is 4.70. The van der Waals surface area contributed by atoms with Crippen LogP contribution >= 0.6 is 0 Å². The lowest BCUT2D eigenvalue weighted by Gasteiger charge is -2.43. The van der Waals surface area contributed by atoms with Gasteiger partial charge in [-0.15, -0.1) is 0 Å². The first-order valence-corrected chi connectivity index (χ1v) is 11.5. The second-order valence-electron chi connectivity index (χ2n) is 9.06. The first-order chi connectivity index (χ1) is 16.3. The molecule has 4 amide bonds. The molecule has 180 valence electrons. The molecule has 2 aromatic rings. The molecular formula is C25H30FN5O3. The summed E-state index contributed by atoms with van der Waals surface area (Å²) in [5, 5.41) is 5.46. The van der Waals surface area contributed by atoms with Crippen LogP contribution in [0.25, 0.3) is 0 Å². The summed E-state index contributed by atoms with van der Waals surface area (Å²) in [6, 6.07) is 15.2. The molecule has 2 fully saturated rings. The molecule has 9 heteroatoms. The highest BCUT2D eigenvalue weighted by Gasteiger charge is 2.54. The Morgan fingerprint density at radius 3 is 2.32 bits per heavy atom. The Balaban J connectivity index is 1.51. The van der Waals surface area contributed by atoms with Crippen LogP contribution in [0.15, 0.2) is 54.6 Å². The van der Waals surface area contributed by atoms with Crippen LogP contribution in [0.4, 0.5) is 20.6 Å². The number of nitrogens with zero attached hydrogens (tertiary/aromatic N) is 3. The summed E-state index contributed by atoms with van der Waals surface area (Å²) in [5.41, 5.74) is 0.179. The van der Waals surface area contributed by atoms with Crippen molar-refractivity contribution in [2.24, 2.45) is 0 Å². The van der Waals surface area contributed by atoms with Crippen molar-refractivity contribution in [3.05, 3.63) is 60.4 Å². The molecule has 0 aliphatic carbocycles. The molecule has 34 heavy (non-hydrogen) atoms. The minimum atomic E-state index is -0.839. The van der Waals surface area contributed by atoms with Crippen molar-refractivity contribution < 1.29 is 18.8 Å². The molecule has 2 N–H and O–H groups in total. The van der Waals surface area contributed by atoms with Gasteiger partial charge in [-0.25, -0.2) is 9.18 Å². The molecule has 2 heterocycles. The second-order valence-corrected chi connectivity index (χ2v) is 9.06. The number of hydrogen-bond acceptors (Lipinski definition) is 4. The zero-order chi connectivity index (χ0) is 24.3. The number of hydrogen-bond donors (Lipinski definition) is 2. The van der Waals surface area contributed by atoms with E-state index >= 15 is 0 Å². The third kappa shape index (κ3) is 4.69. The summed E-state index contributed by atoms with van der Waals surface area (Å²) in [6.07, 6.45) is 0.821. The average molecular weight is 468 g/mol. The predicted octanol–water partition coefficient (Wildman–Crippen LogP) is 3.02. The Morgan fingerprint density at radius 2 is 1.68 bits per heavy atom. The first kappa shape index (κ1) is 23.5. The zero-order valence-electron chi connectivity index (χ0n) is 19.5. The van der Waals surface area contributed by atoms with E-state index in [0.29, 0.717) is 32.6 Å². The highest BCUT2D eigenvalue weighted by Crippen LogP contribution is 2.39. The number of anilines is 2. The van der Waals surface area contributed by atoms with Gasteiger partial charge >= 0.3 is 6.03 Å². The Labute approximate surface area is 198 Å². The average Bonchev–Trinajstić information content (AvgIpc) is 3.07. The molecule has 1 spiro atoms. The van der Waals surface area contributed by atoms with E-state index in [0.717, 1.165) is 5.69 Å². The molecule has 2 aromatic carbocycles. The number of likely N-dealkylation sites (tertiary alicyclic amines) is 1. The number of halogens is 1. The highest BCUT2D eigenvalue weighted by molar-refractivity contribution is 5.97. The van der Waals surface area contributed by atoms with Crippen LogP contribution in [0.2, 0.25) is 0 Å². The third-order valence-corrected chi connectivity index (χ3v) is 6.36. The smallest absolute Gasteiger partial charge is 0.321 e. The van der Waals surface area contributed by atoms with Crippen LogP contribution in [0.1, 0.15) is 26.7 Å². The van der Waals surface area contributed by atoms with Gasteiger partial charge in [-0.3, -0.25) is 9.59 Å². The molecule has 0 radical (unpaired) electrons. The lowest BCUT2D eigenvalue weighted by Crippen LogP contribution is -2.58. The molecule has 2 saturated heterocycles. The number of nitrogens with one attached hydrogen (secondary N) is 2. The van der Waals surface area contributed by atoms with E-state index in [9.17, 15) is 18.8 Å². The van der Waals surface area contributed by atoms with E-state index in [1.165, 1.54) is 12.1 Å². The maximum Gasteiger partial charge on any atom is 0.321 e. The molecule has 0 aromatic heterocycles. The van der Waals surface area contributed by atoms with Crippen molar-refractivity contribution in [1.29, 1.82) is 0 Å². The number of carbonyl (C=O) groups excluding carboxylic acids is 3. The number of carbonyl (C=O) groups is 3. The summed E-state index contributed by atoms with van der Waals surface area (Å²) in [4.78, 5) is 44.0. The second kappa shape index (κ2) is 9.70. The van der Waals surface area contributed by atoms with Crippen LogP contribution in [-0.2, 0) is 9.59 Å². The molecule has 8 nitrogen and oxygen atoms in total. The molecule has 0 unspecified atom stereocenters. The molecule has 0 saturated carbocycles. The predicted molar refractivity (Wildman–Crippen MR) is 128 cm³/mol. The minimum absolute atomic E-state index is 0.0133. The monoisotopic (exact) mass is 467 g/mol. The Kier molecular flexibility index (Phi) is 6.72. The summed E-state index contributed by atoms with van der Waals surface area (Å²) < 4.78 is 14.0. The fourth-order valence-corrected chi connectivity index (χ4v) is 4.70. The van der Waals surface area contributed by atoms with Crippen LogP contribution in [-0.4, -0.2) is 65.5 Å². The zero-order valence-corrected chi connectivity index (χ0v) is 19.5. The van der Waals surface area contributed by atoms with Gasteiger partial charge in [0.2, 0.25) is 5.91 Å². The van der Waals surface area contributed by atoms with E-state index < -0.39 is 17.4 Å². The van der Waals surface area contributed by atoms with Gasteiger partial charge in [-0.2, -0.15) is 0 Å². The van der Waals surface area contributed by atoms with Gasteiger partial charge in [0.25, 0.3) is 5.91 Å². The lowest BCUT2D eigenvalue weighted by atomic mass is 9.85. The molecular weight excluding hydrogens is 437 g/mol. The van der Waals surface area contributed by atoms with E-state index in [-0.39, 0.29) is 30.1 Å². The van der Waals surface area contributed by atoms with Crippen LogP contribution in [0.3, 0.4) is 0 Å². The Hall–Kier alpha value is -3.62. The van der Waals surface area contributed by atoms with Crippen LogP contribution in [0, 0.1) is 5.82 Å². The number of urea groups is 1. The minimum Gasteiger partial charge on any atom is -0.352 e. The van der Waals surface area contributed by atoms with Crippen LogP contribution < -0.4 is 15.5 Å². The summed E-state index contributed by atoms with van der Waals surface area (Å²) >= 11 is 0. The van der Waals surface area contributed by atoms with Gasteiger partial charge in [0.05, 0.1) is 12.4 Å². The summed E-state index contributed by atoms with van der Waals surface area (Å²) in [5.74, 6) is -0.805. The number of benzene rings is 2. The number of para-hydroxylation sites is 2. The first-order valence-electron chi connectivity index (χ1n) is 11.5. The highest BCUT2D eigenvalue weighted by atomic mass is 19.1. The Morgan fingerprint density at radius 1 is 1.03 bits per heavy atom. The van der Waals surface area contributed by atoms with E-state index in [1.807, 2.05) is 49.1 Å². The van der Waals surface area contributed by atoms with Crippen molar-refractivity contribution in [3.63, 3.8) is 0 Å². The maximum atomic E-state index is 14.0. The summed E-state index contributed by atoms with van der Waals surface area (Å²) in [6.45, 7) is 4.71. The molecule has 2 aliphatic rings. The normalized spacial score (nSPS) is 17.4. The van der Waals surface area contributed by atoms with Crippen molar-refractivity contribution in [3.8, 4) is 0 Å². The SMILES string of the molecule is CC(C)NC(=O)CN1CN(c2ccccc2)C2(CCN(C(=O)Nc3ccccc3F)CC2)C1=O. The number of rotatable bonds is 5. The molecule has 0 atom stereocenters. The fraction of sp³-hybridized carbons (Fsp3) is 0.400. The van der Waals surface area contributed by atoms with Gasteiger partial charge in [0.15, 0.2) is 0 Å². The third-order valence-electron chi connectivity index (χ3n) is 6.36. The van der Waals surface area contributed by atoms with Crippen molar-refractivity contribution in [1.82, 2.24) is 15.1 Å². The number of amides is 4. The largest absolute Gasteiger partial charge is 0.352 e. The standard InChI is InChI=1S/C25H30FN5O3/c1-18(2)27-22(32)16-30-17-31(19-8-4-3-5-9-19)25(23(30)33)12-14-29(15-13-25)24(34)28-21-11-7-6-10-20(21)26/h3-11,18H,12-17H2,1-2H3,(H,27,32)(H,28,34). The summed E-state index contributed by atoms with van der Waals surface area (Å²) in [7, 11) is 0. The van der Waals surface area contributed by atoms with Crippen molar-refractivity contribution >= 4 is 29.2 Å². The number of piperidine rings is 1. The van der Waals surface area contributed by atoms with E-state index in [2.05, 4.69) is 10.6 Å². The van der Waals surface area contributed by atoms with E-state index in [1.54, 1.807) is 21.9 Å².